The van der Waals surface area contributed by atoms with Crippen molar-refractivity contribution in [3.63, 3.8) is 0 Å². The lowest BCUT2D eigenvalue weighted by molar-refractivity contribution is 0.0139. The average Bonchev–Trinajstić information content (AvgIpc) is 2.94. The maximum Gasteiger partial charge on any atom is 0.410 e. The van der Waals surface area contributed by atoms with Crippen molar-refractivity contribution in [1.82, 2.24) is 9.80 Å². The van der Waals surface area contributed by atoms with E-state index in [1.54, 1.807) is 11.0 Å². The molecule has 23 heavy (non-hydrogen) atoms. The predicted molar refractivity (Wildman–Crippen MR) is 88.7 cm³/mol. The molecule has 0 saturated carbocycles. The normalized spacial score (nSPS) is 16.3. The molecule has 6 nitrogen and oxygen atoms in total. The van der Waals surface area contributed by atoms with Crippen LogP contribution in [0, 0.1) is 0 Å². The van der Waals surface area contributed by atoms with Gasteiger partial charge in [-0.25, -0.2) is 9.59 Å². The summed E-state index contributed by atoms with van der Waals surface area (Å²) in [5.74, 6) is -0.295. The Morgan fingerprint density at radius 3 is 2.39 bits per heavy atom. The van der Waals surface area contributed by atoms with Crippen LogP contribution in [0.3, 0.4) is 0 Å². The van der Waals surface area contributed by atoms with E-state index >= 15 is 0 Å². The fourth-order valence-electron chi connectivity index (χ4n) is 2.31. The third kappa shape index (κ3) is 5.21. The highest BCUT2D eigenvalue weighted by molar-refractivity contribution is 7.13. The molecule has 7 heteroatoms. The largest absolute Gasteiger partial charge is 0.465 e. The molecule has 128 valence electrons. The number of hydrogen-bond acceptors (Lipinski definition) is 6. The third-order valence-corrected chi connectivity index (χ3v) is 4.50. The second kappa shape index (κ2) is 7.31. The highest BCUT2D eigenvalue weighted by atomic mass is 32.1. The molecule has 0 N–H and O–H groups in total. The Kier molecular flexibility index (Phi) is 5.64. The quantitative estimate of drug-likeness (QED) is 0.792. The summed E-state index contributed by atoms with van der Waals surface area (Å²) in [5, 5.41) is 0. The average molecular weight is 340 g/mol. The van der Waals surface area contributed by atoms with E-state index in [-0.39, 0.29) is 12.1 Å². The van der Waals surface area contributed by atoms with Crippen molar-refractivity contribution < 1.29 is 19.1 Å². The summed E-state index contributed by atoms with van der Waals surface area (Å²) in [7, 11) is 1.39. The van der Waals surface area contributed by atoms with Crippen LogP contribution < -0.4 is 0 Å². The number of piperazine rings is 1. The van der Waals surface area contributed by atoms with Crippen molar-refractivity contribution in [2.75, 3.05) is 33.3 Å². The van der Waals surface area contributed by atoms with Gasteiger partial charge in [-0.2, -0.15) is 0 Å². The zero-order chi connectivity index (χ0) is 17.0. The molecule has 1 aliphatic heterocycles. The van der Waals surface area contributed by atoms with E-state index in [0.29, 0.717) is 18.0 Å². The molecule has 2 heterocycles. The molecule has 0 bridgehead atoms. The third-order valence-electron chi connectivity index (χ3n) is 3.45. The minimum atomic E-state index is -0.463. The summed E-state index contributed by atoms with van der Waals surface area (Å²) in [6.45, 7) is 9.30. The molecule has 1 aliphatic rings. The molecule has 1 saturated heterocycles. The molecule has 0 atom stereocenters. The molecule has 1 fully saturated rings. The van der Waals surface area contributed by atoms with E-state index in [0.717, 1.165) is 24.5 Å². The lowest BCUT2D eigenvalue weighted by Gasteiger charge is -2.35. The first-order valence-electron chi connectivity index (χ1n) is 7.66. The van der Waals surface area contributed by atoms with Gasteiger partial charge in [0.2, 0.25) is 0 Å². The van der Waals surface area contributed by atoms with Crippen LogP contribution in [-0.2, 0) is 16.0 Å². The van der Waals surface area contributed by atoms with Crippen molar-refractivity contribution in [2.24, 2.45) is 0 Å². The molecule has 1 aromatic heterocycles. The van der Waals surface area contributed by atoms with Crippen LogP contribution in [0.1, 0.15) is 35.3 Å². The minimum absolute atomic E-state index is 0.249. The van der Waals surface area contributed by atoms with Gasteiger partial charge in [-0.3, -0.25) is 4.90 Å². The fraction of sp³-hybridized carbons (Fsp3) is 0.625. The smallest absolute Gasteiger partial charge is 0.410 e. The van der Waals surface area contributed by atoms with Gasteiger partial charge in [0.15, 0.2) is 0 Å². The lowest BCUT2D eigenvalue weighted by atomic mass is 10.2. The molecule has 1 aromatic rings. The number of rotatable bonds is 3. The van der Waals surface area contributed by atoms with E-state index in [4.69, 9.17) is 9.47 Å². The molecule has 0 spiro atoms. The van der Waals surface area contributed by atoms with Crippen molar-refractivity contribution in [1.29, 1.82) is 0 Å². The molecule has 1 amide bonds. The Hall–Kier alpha value is -1.60. The van der Waals surface area contributed by atoms with Crippen LogP contribution >= 0.6 is 11.3 Å². The SMILES string of the molecule is COC(=O)c1ccc(CN2CCN(C(=O)OC(C)(C)C)CC2)s1. The van der Waals surface area contributed by atoms with Gasteiger partial charge < -0.3 is 14.4 Å². The van der Waals surface area contributed by atoms with Gasteiger partial charge in [-0.1, -0.05) is 0 Å². The maximum absolute atomic E-state index is 12.0. The molecule has 0 aliphatic carbocycles. The summed E-state index contributed by atoms with van der Waals surface area (Å²) < 4.78 is 10.1. The Labute approximate surface area is 141 Å². The van der Waals surface area contributed by atoms with Gasteiger partial charge >= 0.3 is 12.1 Å². The standard InChI is InChI=1S/C16H24N2O4S/c1-16(2,3)22-15(20)18-9-7-17(8-10-18)11-12-5-6-13(23-12)14(19)21-4/h5-6H,7-11H2,1-4H3. The van der Waals surface area contributed by atoms with Crippen molar-refractivity contribution >= 4 is 23.4 Å². The number of hydrogen-bond donors (Lipinski definition) is 0. The molecule has 0 radical (unpaired) electrons. The van der Waals surface area contributed by atoms with Crippen LogP contribution in [0.4, 0.5) is 4.79 Å². The van der Waals surface area contributed by atoms with E-state index in [1.165, 1.54) is 18.4 Å². The van der Waals surface area contributed by atoms with Crippen molar-refractivity contribution in [3.8, 4) is 0 Å². The summed E-state index contributed by atoms with van der Waals surface area (Å²) >= 11 is 1.45. The predicted octanol–water partition coefficient (Wildman–Crippen LogP) is 2.59. The molecular weight excluding hydrogens is 316 g/mol. The van der Waals surface area contributed by atoms with Crippen molar-refractivity contribution in [3.05, 3.63) is 21.9 Å². The van der Waals surface area contributed by atoms with Crippen LogP contribution in [0.25, 0.3) is 0 Å². The van der Waals surface area contributed by atoms with Crippen LogP contribution in [0.15, 0.2) is 12.1 Å². The van der Waals surface area contributed by atoms with E-state index in [9.17, 15) is 9.59 Å². The lowest BCUT2D eigenvalue weighted by Crippen LogP contribution is -2.49. The molecule has 0 aromatic carbocycles. The number of amides is 1. The Balaban J connectivity index is 1.82. The van der Waals surface area contributed by atoms with Gasteiger partial charge in [0.1, 0.15) is 10.5 Å². The number of esters is 1. The van der Waals surface area contributed by atoms with Crippen LogP contribution in [0.2, 0.25) is 0 Å². The highest BCUT2D eigenvalue weighted by Crippen LogP contribution is 2.20. The van der Waals surface area contributed by atoms with Gasteiger partial charge in [-0.15, -0.1) is 11.3 Å². The van der Waals surface area contributed by atoms with E-state index < -0.39 is 5.60 Å². The van der Waals surface area contributed by atoms with Gasteiger partial charge in [0.05, 0.1) is 7.11 Å². The number of methoxy groups -OCH3 is 1. The Bertz CT molecular complexity index is 557. The van der Waals surface area contributed by atoms with Gasteiger partial charge in [0, 0.05) is 37.6 Å². The minimum Gasteiger partial charge on any atom is -0.465 e. The fourth-order valence-corrected chi connectivity index (χ4v) is 3.28. The Morgan fingerprint density at radius 2 is 1.83 bits per heavy atom. The monoisotopic (exact) mass is 340 g/mol. The van der Waals surface area contributed by atoms with Crippen LogP contribution in [0.5, 0.6) is 0 Å². The topological polar surface area (TPSA) is 59.1 Å². The maximum atomic E-state index is 12.0. The first-order chi connectivity index (χ1) is 10.8. The molecule has 2 rings (SSSR count). The molecular formula is C16H24N2O4S. The second-order valence-corrected chi connectivity index (χ2v) is 7.67. The Morgan fingerprint density at radius 1 is 1.17 bits per heavy atom. The number of carbonyl (C=O) groups excluding carboxylic acids is 2. The second-order valence-electron chi connectivity index (χ2n) is 6.50. The summed E-state index contributed by atoms with van der Waals surface area (Å²) in [6, 6.07) is 3.75. The summed E-state index contributed by atoms with van der Waals surface area (Å²) in [4.78, 5) is 29.3. The number of nitrogens with zero attached hydrogens (tertiary/aromatic N) is 2. The number of carbonyl (C=O) groups is 2. The first kappa shape index (κ1) is 17.7. The van der Waals surface area contributed by atoms with E-state index in [1.807, 2.05) is 26.8 Å². The molecule has 0 unspecified atom stereocenters. The number of ether oxygens (including phenoxy) is 2. The van der Waals surface area contributed by atoms with Crippen molar-refractivity contribution in [2.45, 2.75) is 32.9 Å². The zero-order valence-corrected chi connectivity index (χ0v) is 14.9. The zero-order valence-electron chi connectivity index (χ0n) is 14.1. The summed E-state index contributed by atoms with van der Waals surface area (Å²) in [5.41, 5.74) is -0.463. The van der Waals surface area contributed by atoms with Gasteiger partial charge in [0.25, 0.3) is 0 Å². The first-order valence-corrected chi connectivity index (χ1v) is 8.47. The highest BCUT2D eigenvalue weighted by Gasteiger charge is 2.26. The number of thiophene rings is 1. The van der Waals surface area contributed by atoms with Gasteiger partial charge in [-0.05, 0) is 32.9 Å². The van der Waals surface area contributed by atoms with Crippen LogP contribution in [-0.4, -0.2) is 60.8 Å². The summed E-state index contributed by atoms with van der Waals surface area (Å²) in [6.07, 6.45) is -0.249. The van der Waals surface area contributed by atoms with E-state index in [2.05, 4.69) is 4.90 Å².